The summed E-state index contributed by atoms with van der Waals surface area (Å²) in [7, 11) is 0. The lowest BCUT2D eigenvalue weighted by Crippen LogP contribution is -2.10. The number of nitrogens with two attached hydrogens (primary N) is 1. The number of rotatable bonds is 9. The molecule has 0 atom stereocenters. The van der Waals surface area contributed by atoms with E-state index in [1.807, 2.05) is 32.0 Å². The molecule has 0 radical (unpaired) electrons. The fourth-order valence-corrected chi connectivity index (χ4v) is 1.73. The maximum atomic E-state index is 5.89. The van der Waals surface area contributed by atoms with Crippen LogP contribution in [0.1, 0.15) is 34.1 Å². The van der Waals surface area contributed by atoms with E-state index in [-0.39, 0.29) is 6.10 Å². The van der Waals surface area contributed by atoms with Crippen LogP contribution in [0.5, 0.6) is 5.75 Å². The fourth-order valence-electron chi connectivity index (χ4n) is 1.73. The zero-order valence-electron chi connectivity index (χ0n) is 13.1. The van der Waals surface area contributed by atoms with E-state index in [1.165, 1.54) is 0 Å². The molecule has 0 spiro atoms. The molecular weight excluding hydrogens is 252 g/mol. The molecule has 114 valence electrons. The van der Waals surface area contributed by atoms with Crippen LogP contribution in [0.3, 0.4) is 0 Å². The van der Waals surface area contributed by atoms with Gasteiger partial charge in [-0.05, 0) is 38.3 Å². The molecule has 1 aromatic carbocycles. The zero-order valence-corrected chi connectivity index (χ0v) is 13.1. The Bertz CT molecular complexity index is 392. The first-order valence-electron chi connectivity index (χ1n) is 7.37. The molecule has 0 aromatic heterocycles. The van der Waals surface area contributed by atoms with Gasteiger partial charge in [0, 0.05) is 31.5 Å². The van der Waals surface area contributed by atoms with Crippen molar-refractivity contribution in [2.24, 2.45) is 5.92 Å². The van der Waals surface area contributed by atoms with Crippen LogP contribution in [0.15, 0.2) is 18.2 Å². The second-order valence-corrected chi connectivity index (χ2v) is 5.67. The molecule has 0 aliphatic carbocycles. The largest absolute Gasteiger partial charge is 0.489 e. The van der Waals surface area contributed by atoms with Crippen molar-refractivity contribution in [3.8, 4) is 5.75 Å². The Morgan fingerprint density at radius 3 is 2.60 bits per heavy atom. The molecule has 0 aliphatic heterocycles. The van der Waals surface area contributed by atoms with Crippen LogP contribution in [0, 0.1) is 5.92 Å². The monoisotopic (exact) mass is 280 g/mol. The van der Waals surface area contributed by atoms with Gasteiger partial charge in [-0.25, -0.2) is 0 Å². The maximum Gasteiger partial charge on any atom is 0.144 e. The minimum atomic E-state index is 0.122. The van der Waals surface area contributed by atoms with Gasteiger partial charge in [0.2, 0.25) is 0 Å². The van der Waals surface area contributed by atoms with Crippen LogP contribution in [0.4, 0.5) is 11.4 Å². The van der Waals surface area contributed by atoms with E-state index in [2.05, 4.69) is 19.2 Å². The molecule has 0 aliphatic rings. The second-order valence-electron chi connectivity index (χ2n) is 5.67. The normalized spacial score (nSPS) is 11.1. The molecule has 0 bridgehead atoms. The summed E-state index contributed by atoms with van der Waals surface area (Å²) in [5, 5.41) is 3.36. The van der Waals surface area contributed by atoms with Crippen molar-refractivity contribution in [2.45, 2.75) is 40.2 Å². The molecule has 0 unspecified atom stereocenters. The summed E-state index contributed by atoms with van der Waals surface area (Å²) in [4.78, 5) is 0. The first-order chi connectivity index (χ1) is 9.49. The predicted octanol–water partition coefficient (Wildman–Crippen LogP) is 3.53. The SMILES string of the molecule is CC(C)COCCCNc1ccc(N)c(OC(C)C)c1. The van der Waals surface area contributed by atoms with Crippen molar-refractivity contribution >= 4 is 11.4 Å². The summed E-state index contributed by atoms with van der Waals surface area (Å²) in [6.45, 7) is 10.8. The molecule has 1 rings (SSSR count). The zero-order chi connectivity index (χ0) is 15.0. The van der Waals surface area contributed by atoms with Gasteiger partial charge in [0.25, 0.3) is 0 Å². The lowest BCUT2D eigenvalue weighted by molar-refractivity contribution is 0.110. The van der Waals surface area contributed by atoms with Crippen LogP contribution in [-0.4, -0.2) is 25.9 Å². The Labute approximate surface area is 122 Å². The minimum Gasteiger partial charge on any atom is -0.489 e. The summed E-state index contributed by atoms with van der Waals surface area (Å²) in [6.07, 6.45) is 1.11. The van der Waals surface area contributed by atoms with Crippen LogP contribution in [0.25, 0.3) is 0 Å². The van der Waals surface area contributed by atoms with Gasteiger partial charge in [0.05, 0.1) is 11.8 Å². The third-order valence-electron chi connectivity index (χ3n) is 2.62. The van der Waals surface area contributed by atoms with Crippen molar-refractivity contribution in [1.82, 2.24) is 0 Å². The van der Waals surface area contributed by atoms with Gasteiger partial charge in [-0.3, -0.25) is 0 Å². The number of anilines is 2. The molecule has 0 saturated carbocycles. The summed E-state index contributed by atoms with van der Waals surface area (Å²) in [5.74, 6) is 1.33. The Balaban J connectivity index is 2.33. The third-order valence-corrected chi connectivity index (χ3v) is 2.62. The molecule has 0 amide bonds. The molecule has 0 heterocycles. The number of hydrogen-bond donors (Lipinski definition) is 2. The number of benzene rings is 1. The lowest BCUT2D eigenvalue weighted by atomic mass is 10.2. The highest BCUT2D eigenvalue weighted by atomic mass is 16.5. The molecule has 1 aromatic rings. The Morgan fingerprint density at radius 1 is 1.20 bits per heavy atom. The highest BCUT2D eigenvalue weighted by molar-refractivity contribution is 5.61. The quantitative estimate of drug-likeness (QED) is 0.536. The van der Waals surface area contributed by atoms with E-state index in [0.29, 0.717) is 11.6 Å². The summed E-state index contributed by atoms with van der Waals surface area (Å²) in [5.41, 5.74) is 7.59. The second kappa shape index (κ2) is 8.69. The van der Waals surface area contributed by atoms with Crippen molar-refractivity contribution < 1.29 is 9.47 Å². The van der Waals surface area contributed by atoms with Crippen molar-refractivity contribution in [2.75, 3.05) is 30.8 Å². The van der Waals surface area contributed by atoms with E-state index in [0.717, 1.165) is 37.6 Å². The van der Waals surface area contributed by atoms with Crippen LogP contribution in [-0.2, 0) is 4.74 Å². The predicted molar refractivity (Wildman–Crippen MR) is 85.4 cm³/mol. The number of nitrogen functional groups attached to an aromatic ring is 1. The van der Waals surface area contributed by atoms with E-state index in [4.69, 9.17) is 15.2 Å². The van der Waals surface area contributed by atoms with Gasteiger partial charge in [-0.2, -0.15) is 0 Å². The van der Waals surface area contributed by atoms with Crippen molar-refractivity contribution in [3.63, 3.8) is 0 Å². The third kappa shape index (κ3) is 6.66. The number of hydrogen-bond acceptors (Lipinski definition) is 4. The Hall–Kier alpha value is -1.42. The molecular formula is C16H28N2O2. The van der Waals surface area contributed by atoms with Gasteiger partial charge in [0.1, 0.15) is 5.75 Å². The van der Waals surface area contributed by atoms with E-state index in [1.54, 1.807) is 0 Å². The van der Waals surface area contributed by atoms with E-state index in [9.17, 15) is 0 Å². The fraction of sp³-hybridized carbons (Fsp3) is 0.625. The van der Waals surface area contributed by atoms with Gasteiger partial charge in [0.15, 0.2) is 0 Å². The average Bonchev–Trinajstić information content (AvgIpc) is 2.36. The molecule has 4 heteroatoms. The van der Waals surface area contributed by atoms with E-state index >= 15 is 0 Å². The number of ether oxygens (including phenoxy) is 2. The van der Waals surface area contributed by atoms with E-state index < -0.39 is 0 Å². The molecule has 20 heavy (non-hydrogen) atoms. The molecule has 0 fully saturated rings. The van der Waals surface area contributed by atoms with Crippen molar-refractivity contribution in [1.29, 1.82) is 0 Å². The van der Waals surface area contributed by atoms with Crippen LogP contribution < -0.4 is 15.8 Å². The highest BCUT2D eigenvalue weighted by Crippen LogP contribution is 2.26. The first kappa shape index (κ1) is 16.6. The van der Waals surface area contributed by atoms with Crippen molar-refractivity contribution in [3.05, 3.63) is 18.2 Å². The lowest BCUT2D eigenvalue weighted by Gasteiger charge is -2.14. The molecule has 3 N–H and O–H groups in total. The van der Waals surface area contributed by atoms with Gasteiger partial charge in [-0.15, -0.1) is 0 Å². The standard InChI is InChI=1S/C16H28N2O2/c1-12(2)11-19-9-5-8-18-14-6-7-15(17)16(10-14)20-13(3)4/h6-7,10,12-13,18H,5,8-9,11,17H2,1-4H3. The Kier molecular flexibility index (Phi) is 7.23. The highest BCUT2D eigenvalue weighted by Gasteiger charge is 2.04. The molecule has 4 nitrogen and oxygen atoms in total. The summed E-state index contributed by atoms with van der Waals surface area (Å²) in [6, 6.07) is 5.79. The van der Waals surface area contributed by atoms with Crippen LogP contribution >= 0.6 is 0 Å². The first-order valence-corrected chi connectivity index (χ1v) is 7.37. The topological polar surface area (TPSA) is 56.5 Å². The summed E-state index contributed by atoms with van der Waals surface area (Å²) < 4.78 is 11.2. The van der Waals surface area contributed by atoms with Crippen LogP contribution in [0.2, 0.25) is 0 Å². The van der Waals surface area contributed by atoms with Gasteiger partial charge < -0.3 is 20.5 Å². The number of nitrogens with one attached hydrogen (secondary N) is 1. The smallest absolute Gasteiger partial charge is 0.144 e. The Morgan fingerprint density at radius 2 is 1.95 bits per heavy atom. The minimum absolute atomic E-state index is 0.122. The maximum absolute atomic E-state index is 5.89. The average molecular weight is 280 g/mol. The van der Waals surface area contributed by atoms with Gasteiger partial charge >= 0.3 is 0 Å². The summed E-state index contributed by atoms with van der Waals surface area (Å²) >= 11 is 0. The van der Waals surface area contributed by atoms with Gasteiger partial charge in [-0.1, -0.05) is 13.8 Å². The molecule has 0 saturated heterocycles.